The van der Waals surface area contributed by atoms with Crippen LogP contribution in [0.2, 0.25) is 0 Å². The molecule has 0 aromatic heterocycles. The van der Waals surface area contributed by atoms with Gasteiger partial charge in [0.2, 0.25) is 5.91 Å². The van der Waals surface area contributed by atoms with Crippen LogP contribution in [0.5, 0.6) is 0 Å². The van der Waals surface area contributed by atoms with E-state index in [2.05, 4.69) is 5.73 Å². The molecular formula is C6H4F9NO4S. The highest BCUT2D eigenvalue weighted by Gasteiger charge is 2.74. The molecule has 0 aliphatic rings. The van der Waals surface area contributed by atoms with Gasteiger partial charge >= 0.3 is 33.6 Å². The zero-order chi connectivity index (χ0) is 17.5. The largest absolute Gasteiger partial charge is 0.464 e. The van der Waals surface area contributed by atoms with Gasteiger partial charge in [-0.05, 0) is 0 Å². The maximum absolute atomic E-state index is 12.7. The van der Waals surface area contributed by atoms with Gasteiger partial charge in [-0.15, -0.1) is 0 Å². The first-order chi connectivity index (χ1) is 8.87. The van der Waals surface area contributed by atoms with Crippen molar-refractivity contribution < 1.29 is 57.0 Å². The highest BCUT2D eigenvalue weighted by molar-refractivity contribution is 7.87. The molecular weight excluding hydrogens is 353 g/mol. The minimum atomic E-state index is -7.48. The number of amides is 1. The average Bonchev–Trinajstić information content (AvgIpc) is 2.10. The third kappa shape index (κ3) is 3.90. The third-order valence-corrected chi connectivity index (χ3v) is 2.57. The maximum atomic E-state index is 12.7. The molecule has 0 saturated carbocycles. The minimum absolute atomic E-state index is 1.79. The maximum Gasteiger partial charge on any atom is 0.464 e. The summed E-state index contributed by atoms with van der Waals surface area (Å²) in [7, 11) is -7.48. The van der Waals surface area contributed by atoms with E-state index in [0.717, 1.165) is 0 Å². The quantitative estimate of drug-likeness (QED) is 0.554. The Morgan fingerprint density at radius 2 is 1.33 bits per heavy atom. The molecule has 0 aliphatic heterocycles. The topological polar surface area (TPSA) is 86.5 Å². The number of hydrogen-bond donors (Lipinski definition) is 1. The number of halogens is 9. The lowest BCUT2D eigenvalue weighted by Gasteiger charge is -2.30. The van der Waals surface area contributed by atoms with E-state index in [0.29, 0.717) is 0 Å². The van der Waals surface area contributed by atoms with Crippen LogP contribution < -0.4 is 5.73 Å². The van der Waals surface area contributed by atoms with Crippen molar-refractivity contribution in [1.82, 2.24) is 0 Å². The van der Waals surface area contributed by atoms with E-state index in [-0.39, 0.29) is 0 Å². The van der Waals surface area contributed by atoms with Crippen LogP contribution in [0.15, 0.2) is 0 Å². The first kappa shape index (κ1) is 19.8. The van der Waals surface area contributed by atoms with Crippen LogP contribution in [-0.2, 0) is 19.8 Å². The molecule has 126 valence electrons. The van der Waals surface area contributed by atoms with E-state index in [1.165, 1.54) is 0 Å². The van der Waals surface area contributed by atoms with E-state index in [4.69, 9.17) is 0 Å². The summed E-state index contributed by atoms with van der Waals surface area (Å²) in [6.45, 7) is 0. The van der Waals surface area contributed by atoms with E-state index >= 15 is 0 Å². The predicted molar refractivity (Wildman–Crippen MR) is 44.7 cm³/mol. The van der Waals surface area contributed by atoms with Crippen molar-refractivity contribution in [3.63, 3.8) is 0 Å². The van der Waals surface area contributed by atoms with E-state index < -0.39 is 45.9 Å². The molecule has 0 aromatic carbocycles. The van der Waals surface area contributed by atoms with Crippen molar-refractivity contribution in [3.8, 4) is 0 Å². The Bertz CT molecular complexity index is 516. The van der Waals surface area contributed by atoms with Crippen molar-refractivity contribution >= 4 is 16.1 Å². The Morgan fingerprint density at radius 3 is 1.62 bits per heavy atom. The SMILES string of the molecule is NC(=O)CC(F)(F)C(F)(F)OC(F)(F)C(F)(F)S(=O)(=O)F. The molecule has 0 spiro atoms. The number of alkyl halides is 8. The Hall–Kier alpha value is -1.25. The van der Waals surface area contributed by atoms with Gasteiger partial charge < -0.3 is 5.73 Å². The number of rotatable bonds is 7. The fraction of sp³-hybridized carbons (Fsp3) is 0.833. The minimum Gasteiger partial charge on any atom is -0.369 e. The second-order valence-electron chi connectivity index (χ2n) is 3.44. The lowest BCUT2D eigenvalue weighted by Crippen LogP contribution is -2.55. The van der Waals surface area contributed by atoms with Crippen LogP contribution in [-0.4, -0.2) is 37.7 Å². The molecule has 0 unspecified atom stereocenters. The van der Waals surface area contributed by atoms with Gasteiger partial charge in [-0.2, -0.15) is 43.5 Å². The lowest BCUT2D eigenvalue weighted by atomic mass is 10.2. The normalized spacial score (nSPS) is 15.1. The molecule has 0 fully saturated rings. The molecule has 0 heterocycles. The van der Waals surface area contributed by atoms with Gasteiger partial charge in [-0.1, -0.05) is 3.89 Å². The number of carbonyl (C=O) groups is 1. The predicted octanol–water partition coefficient (Wildman–Crippen LogP) is 1.59. The summed E-state index contributed by atoms with van der Waals surface area (Å²) >= 11 is 0. The molecule has 0 aromatic rings. The molecule has 0 bridgehead atoms. The number of carbonyl (C=O) groups excluding carboxylic acids is 1. The Kier molecular flexibility index (Phi) is 4.88. The number of ether oxygens (including phenoxy) is 1. The first-order valence-electron chi connectivity index (χ1n) is 4.31. The van der Waals surface area contributed by atoms with E-state index in [9.17, 15) is 52.2 Å². The van der Waals surface area contributed by atoms with E-state index in [1.54, 1.807) is 4.74 Å². The lowest BCUT2D eigenvalue weighted by molar-refractivity contribution is -0.455. The molecule has 0 radical (unpaired) electrons. The van der Waals surface area contributed by atoms with Gasteiger partial charge in [0.15, 0.2) is 0 Å². The van der Waals surface area contributed by atoms with Crippen molar-refractivity contribution in [2.24, 2.45) is 5.73 Å². The number of primary amides is 1. The van der Waals surface area contributed by atoms with Gasteiger partial charge in [-0.25, -0.2) is 4.74 Å². The number of nitrogens with two attached hydrogens (primary N) is 1. The summed E-state index contributed by atoms with van der Waals surface area (Å²) in [6.07, 6.45) is -15.9. The second kappa shape index (κ2) is 5.19. The molecule has 15 heteroatoms. The standard InChI is InChI=1S/C6H4F9NO4S/c7-3(8,1-2(16)17)4(9,10)20-5(11,12)6(13,14)21(15,18)19/h1H2,(H2,16,17). The van der Waals surface area contributed by atoms with Crippen molar-refractivity contribution in [2.75, 3.05) is 0 Å². The Labute approximate surface area is 110 Å². The molecule has 2 N–H and O–H groups in total. The van der Waals surface area contributed by atoms with E-state index in [1.807, 2.05) is 0 Å². The molecule has 1 amide bonds. The average molecular weight is 357 g/mol. The summed E-state index contributed by atoms with van der Waals surface area (Å²) in [5, 5.41) is -6.88. The molecule has 0 atom stereocenters. The summed E-state index contributed by atoms with van der Waals surface area (Å²) in [6, 6.07) is 0. The van der Waals surface area contributed by atoms with Gasteiger partial charge in [0.05, 0.1) is 6.42 Å². The van der Waals surface area contributed by atoms with Crippen LogP contribution in [0.4, 0.5) is 39.0 Å². The zero-order valence-electron chi connectivity index (χ0n) is 9.23. The molecule has 0 rings (SSSR count). The van der Waals surface area contributed by atoms with Crippen LogP contribution in [0.25, 0.3) is 0 Å². The zero-order valence-corrected chi connectivity index (χ0v) is 10.0. The summed E-state index contributed by atoms with van der Waals surface area (Å²) < 4.78 is 134. The Balaban J connectivity index is 5.58. The summed E-state index contributed by atoms with van der Waals surface area (Å²) in [5.74, 6) is -7.94. The van der Waals surface area contributed by atoms with Gasteiger partial charge in [0.1, 0.15) is 0 Å². The van der Waals surface area contributed by atoms with Gasteiger partial charge in [0.25, 0.3) is 0 Å². The number of hydrogen-bond acceptors (Lipinski definition) is 4. The molecule has 0 saturated heterocycles. The smallest absolute Gasteiger partial charge is 0.369 e. The fourth-order valence-corrected chi connectivity index (χ4v) is 1.08. The van der Waals surface area contributed by atoms with Crippen molar-refractivity contribution in [1.29, 1.82) is 0 Å². The third-order valence-electron chi connectivity index (χ3n) is 1.72. The van der Waals surface area contributed by atoms with Crippen LogP contribution in [0.1, 0.15) is 6.42 Å². The van der Waals surface area contributed by atoms with Gasteiger partial charge in [-0.3, -0.25) is 4.79 Å². The molecule has 21 heavy (non-hydrogen) atoms. The molecule has 0 aliphatic carbocycles. The highest BCUT2D eigenvalue weighted by Crippen LogP contribution is 2.48. The van der Waals surface area contributed by atoms with Crippen molar-refractivity contribution in [3.05, 3.63) is 0 Å². The fourth-order valence-electron chi connectivity index (χ4n) is 0.759. The first-order valence-corrected chi connectivity index (χ1v) is 5.70. The second-order valence-corrected chi connectivity index (χ2v) is 4.83. The monoisotopic (exact) mass is 357 g/mol. The molecule has 5 nitrogen and oxygen atoms in total. The van der Waals surface area contributed by atoms with Crippen LogP contribution in [0, 0.1) is 0 Å². The van der Waals surface area contributed by atoms with Crippen LogP contribution in [0.3, 0.4) is 0 Å². The van der Waals surface area contributed by atoms with Crippen molar-refractivity contribution in [2.45, 2.75) is 29.8 Å². The highest BCUT2D eigenvalue weighted by atomic mass is 32.3. The summed E-state index contributed by atoms with van der Waals surface area (Å²) in [5.41, 5.74) is 4.09. The Morgan fingerprint density at radius 1 is 0.952 bits per heavy atom. The summed E-state index contributed by atoms with van der Waals surface area (Å²) in [4.78, 5) is 10.0. The van der Waals surface area contributed by atoms with Gasteiger partial charge in [0, 0.05) is 0 Å². The van der Waals surface area contributed by atoms with Crippen LogP contribution >= 0.6 is 0 Å².